The third-order valence-electron chi connectivity index (χ3n) is 4.45. The Kier molecular flexibility index (Phi) is 23.7. The number of carboxylic acids is 4. The minimum atomic E-state index is -2.74. The molecule has 6 N–H and O–H groups in total. The van der Waals surface area contributed by atoms with E-state index in [0.717, 1.165) is 12.8 Å². The van der Waals surface area contributed by atoms with Crippen molar-refractivity contribution in [2.75, 3.05) is 6.54 Å². The summed E-state index contributed by atoms with van der Waals surface area (Å²) in [6.45, 7) is 2.47. The van der Waals surface area contributed by atoms with Gasteiger partial charge in [0.2, 0.25) is 5.91 Å². The van der Waals surface area contributed by atoms with Crippen molar-refractivity contribution in [3.05, 3.63) is 0 Å². The van der Waals surface area contributed by atoms with Crippen LogP contribution in [0.3, 0.4) is 0 Å². The molecule has 0 atom stereocenters. The van der Waals surface area contributed by atoms with Gasteiger partial charge in [-0.2, -0.15) is 0 Å². The van der Waals surface area contributed by atoms with Crippen molar-refractivity contribution in [3.8, 4) is 0 Å². The monoisotopic (exact) mass is 489 g/mol. The first kappa shape index (κ1) is 35.7. The number of carbonyl (C=O) groups is 5. The Balaban J connectivity index is -0.000000566. The summed E-state index contributed by atoms with van der Waals surface area (Å²) < 4.78 is 0. The number of carboxylic acid groups (broad SMARTS) is 4. The van der Waals surface area contributed by atoms with Crippen LogP contribution in [0, 0.1) is 0 Å². The molecule has 1 amide bonds. The van der Waals surface area contributed by atoms with Gasteiger partial charge in [-0.1, -0.05) is 58.3 Å². The second-order valence-electron chi connectivity index (χ2n) is 7.55. The first-order chi connectivity index (χ1) is 14.9. The van der Waals surface area contributed by atoms with Crippen LogP contribution < -0.4 is 5.32 Å². The van der Waals surface area contributed by atoms with Gasteiger partial charge in [-0.15, -0.1) is 0 Å². The number of carbonyl (C=O) groups excluding carboxylic acids is 1. The molecule has 0 aliphatic heterocycles. The fraction of sp³-hybridized carbons (Fsp3) is 0.762. The van der Waals surface area contributed by atoms with Gasteiger partial charge in [-0.05, 0) is 6.42 Å². The Morgan fingerprint density at radius 1 is 0.667 bits per heavy atom. The topological polar surface area (TPSA) is 199 Å². The highest BCUT2D eigenvalue weighted by molar-refractivity contribution is 5.88. The molecule has 0 saturated heterocycles. The van der Waals surface area contributed by atoms with E-state index in [1.165, 1.54) is 44.9 Å². The fourth-order valence-corrected chi connectivity index (χ4v) is 2.71. The lowest BCUT2D eigenvalue weighted by Gasteiger charge is -2.18. The van der Waals surface area contributed by atoms with E-state index in [2.05, 4.69) is 12.2 Å². The number of nitrogens with one attached hydrogen (secondary N) is 1. The molecule has 0 heterocycles. The number of hydrogen-bond acceptors (Lipinski definition) is 6. The SMILES string of the molecule is CCCCCCCCCCCC(=O)NCCC(=O)O.O=C(O)CC(O)(CC(=O)O)C(=O)O.[MgH2]. The quantitative estimate of drug-likeness (QED) is 0.120. The number of hydrogen-bond donors (Lipinski definition) is 6. The normalized spacial score (nSPS) is 10.2. The lowest BCUT2D eigenvalue weighted by molar-refractivity contribution is -0.170. The van der Waals surface area contributed by atoms with Crippen LogP contribution in [-0.2, 0) is 24.0 Å². The standard InChI is InChI=1S/C15H29NO3.C6H8O7.Mg.2H/c1-2-3-4-5-6-7-8-9-10-11-14(17)16-13-12-15(18)19;7-3(8)1-6(13,5(11)12)2-4(9)10;;;/h2-13H2,1H3,(H,16,17)(H,18,19);13H,1-2H2,(H,7,8)(H,9,10)(H,11,12);;;. The number of aliphatic hydroxyl groups is 1. The largest absolute Gasteiger partial charge is 0.481 e. The summed E-state index contributed by atoms with van der Waals surface area (Å²) in [5.41, 5.74) is -2.74. The summed E-state index contributed by atoms with van der Waals surface area (Å²) in [6.07, 6.45) is 9.35. The Morgan fingerprint density at radius 3 is 1.45 bits per heavy atom. The molecule has 0 aliphatic rings. The van der Waals surface area contributed by atoms with Crippen molar-refractivity contribution in [3.63, 3.8) is 0 Å². The highest BCUT2D eigenvalue weighted by atomic mass is 24.3. The fourth-order valence-electron chi connectivity index (χ4n) is 2.71. The maximum atomic E-state index is 11.3. The summed E-state index contributed by atoms with van der Waals surface area (Å²) in [4.78, 5) is 52.1. The zero-order chi connectivity index (χ0) is 25.0. The van der Waals surface area contributed by atoms with Gasteiger partial charge in [0.25, 0.3) is 0 Å². The molecule has 0 aromatic heterocycles. The molecule has 0 saturated carbocycles. The lowest BCUT2D eigenvalue weighted by atomic mass is 9.96. The zero-order valence-electron chi connectivity index (χ0n) is 18.7. The van der Waals surface area contributed by atoms with Gasteiger partial charge in [0.1, 0.15) is 0 Å². The van der Waals surface area contributed by atoms with Crippen molar-refractivity contribution in [2.24, 2.45) is 0 Å². The van der Waals surface area contributed by atoms with Crippen molar-refractivity contribution in [2.45, 2.75) is 96.0 Å². The lowest BCUT2D eigenvalue weighted by Crippen LogP contribution is -2.42. The van der Waals surface area contributed by atoms with Gasteiger partial charge in [0, 0.05) is 13.0 Å². The van der Waals surface area contributed by atoms with E-state index >= 15 is 0 Å². The summed E-state index contributed by atoms with van der Waals surface area (Å²) in [7, 11) is 0. The summed E-state index contributed by atoms with van der Waals surface area (Å²) >= 11 is 0. The zero-order valence-corrected chi connectivity index (χ0v) is 18.7. The highest BCUT2D eigenvalue weighted by Gasteiger charge is 2.40. The van der Waals surface area contributed by atoms with Crippen LogP contribution >= 0.6 is 0 Å². The molecule has 33 heavy (non-hydrogen) atoms. The summed E-state index contributed by atoms with van der Waals surface area (Å²) in [5, 5.41) is 44.9. The molecule has 0 aliphatic carbocycles. The van der Waals surface area contributed by atoms with Crippen LogP contribution in [0.4, 0.5) is 0 Å². The molecule has 0 aromatic rings. The van der Waals surface area contributed by atoms with Crippen molar-refractivity contribution < 1.29 is 49.5 Å². The smallest absolute Gasteiger partial charge is 0.336 e. The van der Waals surface area contributed by atoms with Crippen LogP contribution in [0.1, 0.15) is 90.4 Å². The number of rotatable bonds is 18. The molecule has 0 fully saturated rings. The first-order valence-corrected chi connectivity index (χ1v) is 10.8. The van der Waals surface area contributed by atoms with Crippen molar-refractivity contribution >= 4 is 52.8 Å². The van der Waals surface area contributed by atoms with E-state index < -0.39 is 42.3 Å². The minimum Gasteiger partial charge on any atom is -0.481 e. The van der Waals surface area contributed by atoms with Crippen molar-refractivity contribution in [1.82, 2.24) is 5.32 Å². The van der Waals surface area contributed by atoms with Gasteiger partial charge in [0.05, 0.1) is 19.3 Å². The summed E-state index contributed by atoms with van der Waals surface area (Å²) in [5.74, 6) is -5.91. The van der Waals surface area contributed by atoms with Gasteiger partial charge < -0.3 is 30.8 Å². The van der Waals surface area contributed by atoms with E-state index in [9.17, 15) is 24.0 Å². The summed E-state index contributed by atoms with van der Waals surface area (Å²) in [6, 6.07) is 0. The van der Waals surface area contributed by atoms with E-state index in [1.807, 2.05) is 0 Å². The van der Waals surface area contributed by atoms with E-state index in [-0.39, 0.29) is 41.9 Å². The van der Waals surface area contributed by atoms with Crippen LogP contribution in [0.25, 0.3) is 0 Å². The first-order valence-electron chi connectivity index (χ1n) is 10.8. The van der Waals surface area contributed by atoms with Crippen LogP contribution in [0.15, 0.2) is 0 Å². The van der Waals surface area contributed by atoms with Crippen LogP contribution in [-0.4, -0.2) is 90.5 Å². The minimum absolute atomic E-state index is 0. The van der Waals surface area contributed by atoms with Gasteiger partial charge in [0.15, 0.2) is 5.60 Å². The number of unbranched alkanes of at least 4 members (excludes halogenated alkanes) is 8. The third kappa shape index (κ3) is 24.5. The predicted octanol–water partition coefficient (Wildman–Crippen LogP) is 1.33. The Labute approximate surface area is 210 Å². The van der Waals surface area contributed by atoms with Crippen LogP contribution in [0.5, 0.6) is 0 Å². The van der Waals surface area contributed by atoms with Gasteiger partial charge >= 0.3 is 46.9 Å². The van der Waals surface area contributed by atoms with E-state index in [4.69, 9.17) is 25.5 Å². The van der Waals surface area contributed by atoms with E-state index in [1.54, 1.807) is 0 Å². The molecule has 0 aromatic carbocycles. The maximum absolute atomic E-state index is 11.3. The third-order valence-corrected chi connectivity index (χ3v) is 4.45. The average molecular weight is 490 g/mol. The van der Waals surface area contributed by atoms with Gasteiger partial charge in [-0.25, -0.2) is 4.79 Å². The number of amides is 1. The average Bonchev–Trinajstić information content (AvgIpc) is 2.65. The highest BCUT2D eigenvalue weighted by Crippen LogP contribution is 2.15. The predicted molar refractivity (Wildman–Crippen MR) is 123 cm³/mol. The van der Waals surface area contributed by atoms with E-state index in [0.29, 0.717) is 6.42 Å². The number of aliphatic carboxylic acids is 4. The Hall–Kier alpha value is -1.92. The maximum Gasteiger partial charge on any atom is 0.336 e. The Morgan fingerprint density at radius 2 is 1.09 bits per heavy atom. The molecule has 0 rings (SSSR count). The molecule has 0 spiro atoms. The van der Waals surface area contributed by atoms with Crippen molar-refractivity contribution in [1.29, 1.82) is 0 Å². The molecule has 190 valence electrons. The molecular weight excluding hydrogens is 451 g/mol. The second kappa shape index (κ2) is 21.9. The second-order valence-corrected chi connectivity index (χ2v) is 7.55. The molecule has 0 bridgehead atoms. The van der Waals surface area contributed by atoms with Crippen LogP contribution in [0.2, 0.25) is 0 Å². The molecule has 12 heteroatoms. The molecular formula is C21H39MgNO10. The van der Waals surface area contributed by atoms with Gasteiger partial charge in [-0.3, -0.25) is 19.2 Å². The Bertz CT molecular complexity index is 582. The molecule has 0 unspecified atom stereocenters. The molecule has 0 radical (unpaired) electrons. The molecule has 11 nitrogen and oxygen atoms in total.